The van der Waals surface area contributed by atoms with Crippen LogP contribution >= 0.6 is 0 Å². The van der Waals surface area contributed by atoms with E-state index in [1.807, 2.05) is 36.4 Å². The molecule has 0 saturated carbocycles. The van der Waals surface area contributed by atoms with Crippen LogP contribution < -0.4 is 21.1 Å². The van der Waals surface area contributed by atoms with Crippen LogP contribution in [0, 0.1) is 0 Å². The largest absolute Gasteiger partial charge is 0.497 e. The van der Waals surface area contributed by atoms with E-state index in [1.54, 1.807) is 13.2 Å². The molecule has 7 heteroatoms. The smallest absolute Gasteiger partial charge is 0.319 e. The highest BCUT2D eigenvalue weighted by molar-refractivity contribution is 5.99. The van der Waals surface area contributed by atoms with Crippen LogP contribution in [0.4, 0.5) is 16.4 Å². The molecule has 0 radical (unpaired) electrons. The molecule has 0 spiro atoms. The van der Waals surface area contributed by atoms with E-state index in [0.29, 0.717) is 29.2 Å². The fraction of sp³-hybridized carbons (Fsp3) is 0.125. The molecule has 23 heavy (non-hydrogen) atoms. The molecule has 2 aromatic carbocycles. The number of aromatic nitrogens is 2. The Bertz CT molecular complexity index is 826. The molecule has 1 heterocycles. The van der Waals surface area contributed by atoms with Crippen molar-refractivity contribution in [1.82, 2.24) is 15.3 Å². The highest BCUT2D eigenvalue weighted by Crippen LogP contribution is 2.21. The van der Waals surface area contributed by atoms with Gasteiger partial charge in [0, 0.05) is 6.54 Å². The number of hydrogen-bond donors (Lipinski definition) is 4. The van der Waals surface area contributed by atoms with Gasteiger partial charge in [0.25, 0.3) is 0 Å². The third-order valence-electron chi connectivity index (χ3n) is 3.40. The molecule has 0 fully saturated rings. The zero-order valence-corrected chi connectivity index (χ0v) is 12.6. The molecule has 0 unspecified atom stereocenters. The molecule has 2 amide bonds. The van der Waals surface area contributed by atoms with Crippen molar-refractivity contribution in [1.29, 1.82) is 0 Å². The number of carbonyl (C=O) groups is 1. The van der Waals surface area contributed by atoms with Gasteiger partial charge in [-0.15, -0.1) is 0 Å². The predicted octanol–water partition coefficient (Wildman–Crippen LogP) is 2.48. The van der Waals surface area contributed by atoms with Gasteiger partial charge in [0.1, 0.15) is 5.75 Å². The Kier molecular flexibility index (Phi) is 4.01. The average Bonchev–Trinajstić information content (AvgIpc) is 2.95. The lowest BCUT2D eigenvalue weighted by atomic mass is 10.2. The highest BCUT2D eigenvalue weighted by atomic mass is 16.5. The Hall–Kier alpha value is -3.22. The zero-order chi connectivity index (χ0) is 16.2. The summed E-state index contributed by atoms with van der Waals surface area (Å²) in [6.45, 7) is 0.414. The Morgan fingerprint density at radius 3 is 2.78 bits per heavy atom. The van der Waals surface area contributed by atoms with Crippen LogP contribution in [0.5, 0.6) is 5.75 Å². The van der Waals surface area contributed by atoms with Crippen molar-refractivity contribution in [3.8, 4) is 5.75 Å². The number of rotatable bonds is 4. The summed E-state index contributed by atoms with van der Waals surface area (Å²) in [5.74, 6) is 1.09. The molecular weight excluding hydrogens is 294 g/mol. The summed E-state index contributed by atoms with van der Waals surface area (Å²) in [5, 5.41) is 5.59. The van der Waals surface area contributed by atoms with Gasteiger partial charge >= 0.3 is 6.03 Å². The maximum absolute atomic E-state index is 12.0. The fourth-order valence-electron chi connectivity index (χ4n) is 2.25. The lowest BCUT2D eigenvalue weighted by Crippen LogP contribution is -2.28. The van der Waals surface area contributed by atoms with E-state index in [2.05, 4.69) is 20.6 Å². The predicted molar refractivity (Wildman–Crippen MR) is 89.4 cm³/mol. The van der Waals surface area contributed by atoms with E-state index in [1.165, 1.54) is 0 Å². The first-order chi connectivity index (χ1) is 11.2. The summed E-state index contributed by atoms with van der Waals surface area (Å²) in [6, 6.07) is 12.6. The topological polar surface area (TPSA) is 105 Å². The van der Waals surface area contributed by atoms with E-state index in [-0.39, 0.29) is 6.03 Å². The first-order valence-electron chi connectivity index (χ1n) is 7.07. The molecule has 0 aliphatic heterocycles. The fourth-order valence-corrected chi connectivity index (χ4v) is 2.25. The first-order valence-corrected chi connectivity index (χ1v) is 7.07. The minimum atomic E-state index is -0.304. The third-order valence-corrected chi connectivity index (χ3v) is 3.40. The Labute approximate surface area is 132 Å². The number of hydrogen-bond acceptors (Lipinski definition) is 4. The van der Waals surface area contributed by atoms with Gasteiger partial charge in [-0.2, -0.15) is 0 Å². The van der Waals surface area contributed by atoms with Crippen LogP contribution in [-0.2, 0) is 6.54 Å². The Balaban J connectivity index is 1.64. The van der Waals surface area contributed by atoms with Gasteiger partial charge in [-0.25, -0.2) is 9.78 Å². The molecule has 3 aromatic rings. The van der Waals surface area contributed by atoms with E-state index in [9.17, 15) is 4.79 Å². The summed E-state index contributed by atoms with van der Waals surface area (Å²) in [7, 11) is 1.61. The zero-order valence-electron chi connectivity index (χ0n) is 12.6. The minimum Gasteiger partial charge on any atom is -0.497 e. The lowest BCUT2D eigenvalue weighted by molar-refractivity contribution is 0.252. The second-order valence-electron chi connectivity index (χ2n) is 4.98. The van der Waals surface area contributed by atoms with Crippen LogP contribution in [-0.4, -0.2) is 23.1 Å². The van der Waals surface area contributed by atoms with Gasteiger partial charge in [0.15, 0.2) is 5.95 Å². The summed E-state index contributed by atoms with van der Waals surface area (Å²) < 4.78 is 5.10. The Morgan fingerprint density at radius 1 is 1.26 bits per heavy atom. The number of nitrogens with one attached hydrogen (secondary N) is 3. The third kappa shape index (κ3) is 3.34. The number of imidazole rings is 1. The summed E-state index contributed by atoms with van der Waals surface area (Å²) in [6.07, 6.45) is 0. The maximum atomic E-state index is 12.0. The molecular formula is C16H17N5O2. The number of aromatic amines is 1. The monoisotopic (exact) mass is 311 g/mol. The number of urea groups is 1. The summed E-state index contributed by atoms with van der Waals surface area (Å²) >= 11 is 0. The van der Waals surface area contributed by atoms with Crippen molar-refractivity contribution in [3.05, 3.63) is 48.0 Å². The highest BCUT2D eigenvalue weighted by Gasteiger charge is 2.08. The number of nitrogen functional groups attached to an aromatic ring is 1. The van der Waals surface area contributed by atoms with Gasteiger partial charge in [-0.05, 0) is 29.8 Å². The van der Waals surface area contributed by atoms with Crippen molar-refractivity contribution in [2.75, 3.05) is 18.2 Å². The normalized spacial score (nSPS) is 10.5. The summed E-state index contributed by atoms with van der Waals surface area (Å²) in [4.78, 5) is 19.1. The van der Waals surface area contributed by atoms with Gasteiger partial charge in [0.05, 0.1) is 23.8 Å². The molecule has 0 saturated heterocycles. The second-order valence-corrected chi connectivity index (χ2v) is 4.98. The van der Waals surface area contributed by atoms with Crippen LogP contribution in [0.3, 0.4) is 0 Å². The molecule has 0 atom stereocenters. The van der Waals surface area contributed by atoms with E-state index < -0.39 is 0 Å². The number of para-hydroxylation sites is 1. The van der Waals surface area contributed by atoms with Gasteiger partial charge in [0.2, 0.25) is 0 Å². The van der Waals surface area contributed by atoms with Gasteiger partial charge in [-0.3, -0.25) is 0 Å². The second kappa shape index (κ2) is 6.27. The molecule has 1 aromatic heterocycles. The number of benzene rings is 2. The quantitative estimate of drug-likeness (QED) is 0.594. The minimum absolute atomic E-state index is 0.304. The molecule has 7 nitrogen and oxygen atoms in total. The number of amides is 2. The number of carbonyl (C=O) groups excluding carboxylic acids is 1. The molecule has 5 N–H and O–H groups in total. The number of fused-ring (bicyclic) bond motifs is 1. The number of H-pyrrole nitrogens is 1. The van der Waals surface area contributed by atoms with Crippen molar-refractivity contribution < 1.29 is 9.53 Å². The van der Waals surface area contributed by atoms with Crippen molar-refractivity contribution in [2.24, 2.45) is 0 Å². The first kappa shape index (κ1) is 14.7. The molecule has 0 aliphatic rings. The molecule has 0 aliphatic carbocycles. The van der Waals surface area contributed by atoms with E-state index >= 15 is 0 Å². The van der Waals surface area contributed by atoms with Crippen LogP contribution in [0.25, 0.3) is 11.0 Å². The van der Waals surface area contributed by atoms with Gasteiger partial charge < -0.3 is 26.1 Å². The van der Waals surface area contributed by atoms with Crippen LogP contribution in [0.2, 0.25) is 0 Å². The van der Waals surface area contributed by atoms with Crippen LogP contribution in [0.15, 0.2) is 42.5 Å². The van der Waals surface area contributed by atoms with Gasteiger partial charge in [-0.1, -0.05) is 18.2 Å². The maximum Gasteiger partial charge on any atom is 0.319 e. The molecule has 0 bridgehead atoms. The molecule has 3 rings (SSSR count). The number of nitrogens with zero attached hydrogens (tertiary/aromatic N) is 1. The lowest BCUT2D eigenvalue weighted by Gasteiger charge is -2.09. The van der Waals surface area contributed by atoms with Crippen molar-refractivity contribution in [2.45, 2.75) is 6.54 Å². The number of nitrogens with two attached hydrogens (primary N) is 1. The Morgan fingerprint density at radius 2 is 2.04 bits per heavy atom. The summed E-state index contributed by atoms with van der Waals surface area (Å²) in [5.41, 5.74) is 8.65. The standard InChI is InChI=1S/C16H17N5O2/c1-23-11-7-5-10(6-8-11)9-18-16(22)20-13-4-2-3-12-14(13)21-15(17)19-12/h2-8H,9H2,1H3,(H3,17,19,21)(H2,18,20,22). The van der Waals surface area contributed by atoms with E-state index in [0.717, 1.165) is 11.3 Å². The average molecular weight is 311 g/mol. The number of ether oxygens (including phenoxy) is 1. The molecule has 118 valence electrons. The number of anilines is 2. The van der Waals surface area contributed by atoms with Crippen molar-refractivity contribution >= 4 is 28.7 Å². The van der Waals surface area contributed by atoms with Crippen LogP contribution in [0.1, 0.15) is 5.56 Å². The van der Waals surface area contributed by atoms with E-state index in [4.69, 9.17) is 10.5 Å². The SMILES string of the molecule is COc1ccc(CNC(=O)Nc2cccc3nc(N)[nH]c23)cc1. The van der Waals surface area contributed by atoms with Crippen molar-refractivity contribution in [3.63, 3.8) is 0 Å². The number of methoxy groups -OCH3 is 1.